The van der Waals surface area contributed by atoms with Gasteiger partial charge in [-0.3, -0.25) is 0 Å². The zero-order chi connectivity index (χ0) is 15.2. The van der Waals surface area contributed by atoms with Crippen LogP contribution in [0.25, 0.3) is 0 Å². The van der Waals surface area contributed by atoms with Crippen LogP contribution in [0.5, 0.6) is 0 Å². The standard InChI is InChI=1S/C19H20N2S/c1-16(14-21-12-11-20-15-21)13-17-7-9-19(10-8-17)22-18-5-3-2-4-6-18/h2-12,15-16H,13-14H2,1H3. The maximum atomic E-state index is 4.09. The zero-order valence-electron chi connectivity index (χ0n) is 12.7. The predicted octanol–water partition coefficient (Wildman–Crippen LogP) is 4.91. The molecule has 0 bridgehead atoms. The highest BCUT2D eigenvalue weighted by atomic mass is 32.2. The summed E-state index contributed by atoms with van der Waals surface area (Å²) < 4.78 is 2.14. The molecule has 0 N–H and O–H groups in total. The van der Waals surface area contributed by atoms with Crippen molar-refractivity contribution in [3.05, 3.63) is 78.9 Å². The summed E-state index contributed by atoms with van der Waals surface area (Å²) in [6, 6.07) is 19.4. The molecular formula is C19H20N2S. The highest BCUT2D eigenvalue weighted by Crippen LogP contribution is 2.27. The lowest BCUT2D eigenvalue weighted by molar-refractivity contribution is 0.479. The molecule has 1 aromatic heterocycles. The van der Waals surface area contributed by atoms with Crippen LogP contribution in [0.2, 0.25) is 0 Å². The fourth-order valence-electron chi connectivity index (χ4n) is 2.54. The Hall–Kier alpha value is -2.00. The van der Waals surface area contributed by atoms with Crippen molar-refractivity contribution < 1.29 is 0 Å². The highest BCUT2D eigenvalue weighted by Gasteiger charge is 2.05. The second-order valence-corrected chi connectivity index (χ2v) is 6.77. The lowest BCUT2D eigenvalue weighted by Gasteiger charge is -2.12. The van der Waals surface area contributed by atoms with Crippen LogP contribution in [-0.4, -0.2) is 9.55 Å². The molecule has 0 saturated carbocycles. The van der Waals surface area contributed by atoms with Gasteiger partial charge in [0.25, 0.3) is 0 Å². The van der Waals surface area contributed by atoms with Gasteiger partial charge in [0.05, 0.1) is 6.33 Å². The number of nitrogens with zero attached hydrogens (tertiary/aromatic N) is 2. The Morgan fingerprint density at radius 1 is 1.00 bits per heavy atom. The van der Waals surface area contributed by atoms with Gasteiger partial charge >= 0.3 is 0 Å². The summed E-state index contributed by atoms with van der Waals surface area (Å²) in [6.45, 7) is 3.30. The Balaban J connectivity index is 1.57. The second-order valence-electron chi connectivity index (χ2n) is 5.63. The summed E-state index contributed by atoms with van der Waals surface area (Å²) in [4.78, 5) is 6.66. The normalized spacial score (nSPS) is 12.2. The SMILES string of the molecule is CC(Cc1ccc(Sc2ccccc2)cc1)Cn1ccnc1. The highest BCUT2D eigenvalue weighted by molar-refractivity contribution is 7.99. The van der Waals surface area contributed by atoms with E-state index >= 15 is 0 Å². The van der Waals surface area contributed by atoms with Crippen molar-refractivity contribution in [1.29, 1.82) is 0 Å². The third-order valence-corrected chi connectivity index (χ3v) is 4.58. The lowest BCUT2D eigenvalue weighted by atomic mass is 10.0. The molecule has 0 spiro atoms. The van der Waals surface area contributed by atoms with Gasteiger partial charge in [-0.15, -0.1) is 0 Å². The van der Waals surface area contributed by atoms with E-state index in [9.17, 15) is 0 Å². The number of aromatic nitrogens is 2. The smallest absolute Gasteiger partial charge is 0.0945 e. The molecule has 0 radical (unpaired) electrons. The summed E-state index contributed by atoms with van der Waals surface area (Å²) >= 11 is 1.81. The molecule has 22 heavy (non-hydrogen) atoms. The minimum atomic E-state index is 0.599. The summed E-state index contributed by atoms with van der Waals surface area (Å²) in [5.41, 5.74) is 1.39. The van der Waals surface area contributed by atoms with Crippen LogP contribution < -0.4 is 0 Å². The molecular weight excluding hydrogens is 288 g/mol. The largest absolute Gasteiger partial charge is 0.337 e. The maximum Gasteiger partial charge on any atom is 0.0945 e. The van der Waals surface area contributed by atoms with E-state index in [4.69, 9.17) is 0 Å². The van der Waals surface area contributed by atoms with Gasteiger partial charge in [0, 0.05) is 28.7 Å². The molecule has 112 valence electrons. The maximum absolute atomic E-state index is 4.09. The molecule has 0 amide bonds. The first-order chi connectivity index (χ1) is 10.8. The van der Waals surface area contributed by atoms with Crippen molar-refractivity contribution in [1.82, 2.24) is 9.55 Å². The van der Waals surface area contributed by atoms with Crippen molar-refractivity contribution in [2.75, 3.05) is 0 Å². The lowest BCUT2D eigenvalue weighted by Crippen LogP contribution is -2.08. The van der Waals surface area contributed by atoms with Crippen LogP contribution in [0.1, 0.15) is 12.5 Å². The monoisotopic (exact) mass is 308 g/mol. The fourth-order valence-corrected chi connectivity index (χ4v) is 3.38. The zero-order valence-corrected chi connectivity index (χ0v) is 13.5. The Kier molecular flexibility index (Phi) is 4.96. The van der Waals surface area contributed by atoms with E-state index in [0.29, 0.717) is 5.92 Å². The van der Waals surface area contributed by atoms with Crippen LogP contribution in [-0.2, 0) is 13.0 Å². The van der Waals surface area contributed by atoms with E-state index in [0.717, 1.165) is 13.0 Å². The van der Waals surface area contributed by atoms with E-state index < -0.39 is 0 Å². The van der Waals surface area contributed by atoms with Gasteiger partial charge in [-0.05, 0) is 42.2 Å². The molecule has 1 atom stereocenters. The second kappa shape index (κ2) is 7.32. The van der Waals surface area contributed by atoms with Crippen LogP contribution in [0, 0.1) is 5.92 Å². The molecule has 3 aromatic rings. The number of rotatable bonds is 6. The number of hydrogen-bond acceptors (Lipinski definition) is 2. The third-order valence-electron chi connectivity index (χ3n) is 3.57. The van der Waals surface area contributed by atoms with Crippen molar-refractivity contribution >= 4 is 11.8 Å². The van der Waals surface area contributed by atoms with E-state index in [-0.39, 0.29) is 0 Å². The first-order valence-corrected chi connectivity index (χ1v) is 8.39. The van der Waals surface area contributed by atoms with Gasteiger partial charge < -0.3 is 4.57 Å². The van der Waals surface area contributed by atoms with Crippen LogP contribution in [0.3, 0.4) is 0 Å². The third kappa shape index (κ3) is 4.25. The molecule has 0 fully saturated rings. The van der Waals surface area contributed by atoms with E-state index in [2.05, 4.69) is 71.1 Å². The first kappa shape index (κ1) is 14.9. The van der Waals surface area contributed by atoms with Crippen molar-refractivity contribution in [3.8, 4) is 0 Å². The van der Waals surface area contributed by atoms with Crippen molar-refractivity contribution in [2.45, 2.75) is 29.7 Å². The minimum Gasteiger partial charge on any atom is -0.337 e. The molecule has 0 aliphatic rings. The summed E-state index contributed by atoms with van der Waals surface area (Å²) in [6.07, 6.45) is 6.84. The Morgan fingerprint density at radius 3 is 2.41 bits per heavy atom. The molecule has 3 heteroatoms. The van der Waals surface area contributed by atoms with Crippen LogP contribution >= 0.6 is 11.8 Å². The van der Waals surface area contributed by atoms with Crippen molar-refractivity contribution in [3.63, 3.8) is 0 Å². The minimum absolute atomic E-state index is 0.599. The molecule has 2 nitrogen and oxygen atoms in total. The number of hydrogen-bond donors (Lipinski definition) is 0. The molecule has 1 heterocycles. The molecule has 0 saturated heterocycles. The summed E-state index contributed by atoms with van der Waals surface area (Å²) in [5.74, 6) is 0.599. The number of benzene rings is 2. The van der Waals surface area contributed by atoms with Crippen LogP contribution in [0.15, 0.2) is 83.1 Å². The fraction of sp³-hybridized carbons (Fsp3) is 0.211. The molecule has 2 aromatic carbocycles. The van der Waals surface area contributed by atoms with E-state index in [1.165, 1.54) is 15.4 Å². The Bertz CT molecular complexity index is 675. The quantitative estimate of drug-likeness (QED) is 0.643. The van der Waals surface area contributed by atoms with Gasteiger partial charge in [0.15, 0.2) is 0 Å². The summed E-state index contributed by atoms with van der Waals surface area (Å²) in [7, 11) is 0. The number of imidazole rings is 1. The molecule has 1 unspecified atom stereocenters. The molecule has 3 rings (SSSR count). The van der Waals surface area contributed by atoms with Gasteiger partial charge in [0.2, 0.25) is 0 Å². The summed E-state index contributed by atoms with van der Waals surface area (Å²) in [5, 5.41) is 0. The average molecular weight is 308 g/mol. The van der Waals surface area contributed by atoms with Gasteiger partial charge in [-0.2, -0.15) is 0 Å². The van der Waals surface area contributed by atoms with Crippen molar-refractivity contribution in [2.24, 2.45) is 5.92 Å². The predicted molar refractivity (Wildman–Crippen MR) is 92.1 cm³/mol. The Morgan fingerprint density at radius 2 is 1.73 bits per heavy atom. The average Bonchev–Trinajstić information content (AvgIpc) is 3.03. The van der Waals surface area contributed by atoms with Gasteiger partial charge in [-0.25, -0.2) is 4.98 Å². The van der Waals surface area contributed by atoms with E-state index in [1.807, 2.05) is 18.7 Å². The van der Waals surface area contributed by atoms with Crippen LogP contribution in [0.4, 0.5) is 0 Å². The van der Waals surface area contributed by atoms with Gasteiger partial charge in [-0.1, -0.05) is 49.0 Å². The first-order valence-electron chi connectivity index (χ1n) is 7.57. The molecule has 0 aliphatic carbocycles. The van der Waals surface area contributed by atoms with Gasteiger partial charge in [0.1, 0.15) is 0 Å². The topological polar surface area (TPSA) is 17.8 Å². The van der Waals surface area contributed by atoms with E-state index in [1.54, 1.807) is 11.8 Å². The molecule has 0 aliphatic heterocycles. The Labute approximate surface area is 136 Å².